The number of aromatic nitrogens is 1. The van der Waals surface area contributed by atoms with Crippen molar-refractivity contribution in [3.05, 3.63) is 44.7 Å². The molecule has 0 aliphatic carbocycles. The SMILES string of the molecule is CNC(c1ccc(N(C)C)nc1)c1cc(Br)cs1. The van der Waals surface area contributed by atoms with E-state index in [1.54, 1.807) is 11.3 Å². The summed E-state index contributed by atoms with van der Waals surface area (Å²) in [6.45, 7) is 0. The molecule has 0 bridgehead atoms. The number of hydrogen-bond donors (Lipinski definition) is 1. The number of thiophene rings is 1. The Kier molecular flexibility index (Phi) is 4.37. The molecule has 5 heteroatoms. The Labute approximate surface area is 120 Å². The first-order valence-corrected chi connectivity index (χ1v) is 7.33. The molecule has 2 aromatic rings. The molecular weight excluding hydrogens is 310 g/mol. The topological polar surface area (TPSA) is 28.2 Å². The van der Waals surface area contributed by atoms with Gasteiger partial charge in [0.1, 0.15) is 5.82 Å². The van der Waals surface area contributed by atoms with Crippen LogP contribution in [0.2, 0.25) is 0 Å². The molecule has 0 aromatic carbocycles. The minimum Gasteiger partial charge on any atom is -0.363 e. The Balaban J connectivity index is 2.28. The van der Waals surface area contributed by atoms with Gasteiger partial charge in [-0.05, 0) is 40.7 Å². The third-order valence-electron chi connectivity index (χ3n) is 2.72. The Morgan fingerprint density at radius 1 is 1.39 bits per heavy atom. The van der Waals surface area contributed by atoms with Crippen molar-refractivity contribution in [1.82, 2.24) is 10.3 Å². The van der Waals surface area contributed by atoms with Crippen molar-refractivity contribution in [2.24, 2.45) is 0 Å². The molecule has 0 saturated heterocycles. The number of nitrogens with one attached hydrogen (secondary N) is 1. The third kappa shape index (κ3) is 2.91. The number of pyridine rings is 1. The lowest BCUT2D eigenvalue weighted by atomic mass is 10.1. The molecule has 1 N–H and O–H groups in total. The minimum atomic E-state index is 0.199. The fourth-order valence-corrected chi connectivity index (χ4v) is 3.37. The predicted molar refractivity (Wildman–Crippen MR) is 81.5 cm³/mol. The quantitative estimate of drug-likeness (QED) is 0.935. The van der Waals surface area contributed by atoms with E-state index in [1.807, 2.05) is 38.3 Å². The molecule has 0 radical (unpaired) electrons. The van der Waals surface area contributed by atoms with E-state index < -0.39 is 0 Å². The molecular formula is C13H16BrN3S. The number of nitrogens with zero attached hydrogens (tertiary/aromatic N) is 2. The van der Waals surface area contributed by atoms with Gasteiger partial charge < -0.3 is 10.2 Å². The van der Waals surface area contributed by atoms with Gasteiger partial charge in [-0.25, -0.2) is 4.98 Å². The molecule has 2 heterocycles. The molecule has 96 valence electrons. The fraction of sp³-hybridized carbons (Fsp3) is 0.308. The normalized spacial score (nSPS) is 12.4. The van der Waals surface area contributed by atoms with Crippen LogP contribution in [0.5, 0.6) is 0 Å². The second-order valence-corrected chi connectivity index (χ2v) is 6.09. The van der Waals surface area contributed by atoms with Gasteiger partial charge in [-0.15, -0.1) is 11.3 Å². The highest BCUT2D eigenvalue weighted by atomic mass is 79.9. The first kappa shape index (κ1) is 13.5. The summed E-state index contributed by atoms with van der Waals surface area (Å²) in [4.78, 5) is 7.74. The summed E-state index contributed by atoms with van der Waals surface area (Å²) < 4.78 is 1.13. The standard InChI is InChI=1S/C13H16BrN3S/c1-15-13(11-6-10(14)8-18-11)9-4-5-12(16-7-9)17(2)3/h4-8,13,15H,1-3H3. The number of rotatable bonds is 4. The van der Waals surface area contributed by atoms with Crippen molar-refractivity contribution in [3.63, 3.8) is 0 Å². The first-order chi connectivity index (χ1) is 8.61. The first-order valence-electron chi connectivity index (χ1n) is 5.66. The molecule has 2 aromatic heterocycles. The van der Waals surface area contributed by atoms with Crippen molar-refractivity contribution in [2.75, 3.05) is 26.0 Å². The lowest BCUT2D eigenvalue weighted by Gasteiger charge is -2.16. The maximum atomic E-state index is 4.46. The van der Waals surface area contributed by atoms with E-state index in [-0.39, 0.29) is 6.04 Å². The summed E-state index contributed by atoms with van der Waals surface area (Å²) in [5.41, 5.74) is 1.18. The van der Waals surface area contributed by atoms with Gasteiger partial charge in [0.05, 0.1) is 6.04 Å². The molecule has 18 heavy (non-hydrogen) atoms. The van der Waals surface area contributed by atoms with Crippen molar-refractivity contribution in [1.29, 1.82) is 0 Å². The monoisotopic (exact) mass is 325 g/mol. The lowest BCUT2D eigenvalue weighted by Crippen LogP contribution is -2.17. The fourth-order valence-electron chi connectivity index (χ4n) is 1.79. The molecule has 3 nitrogen and oxygen atoms in total. The maximum absolute atomic E-state index is 4.46. The highest BCUT2D eigenvalue weighted by Crippen LogP contribution is 2.29. The largest absolute Gasteiger partial charge is 0.363 e. The summed E-state index contributed by atoms with van der Waals surface area (Å²) >= 11 is 5.23. The molecule has 0 aliphatic rings. The van der Waals surface area contributed by atoms with Crippen molar-refractivity contribution < 1.29 is 0 Å². The number of hydrogen-bond acceptors (Lipinski definition) is 4. The predicted octanol–water partition coefficient (Wildman–Crippen LogP) is 3.28. The van der Waals surface area contributed by atoms with E-state index >= 15 is 0 Å². The van der Waals surface area contributed by atoms with Crippen LogP contribution in [0.4, 0.5) is 5.82 Å². The molecule has 0 spiro atoms. The van der Waals surface area contributed by atoms with Gasteiger partial charge in [0.25, 0.3) is 0 Å². The highest BCUT2D eigenvalue weighted by molar-refractivity contribution is 9.10. The molecule has 0 saturated carbocycles. The highest BCUT2D eigenvalue weighted by Gasteiger charge is 2.14. The molecule has 1 atom stereocenters. The van der Waals surface area contributed by atoms with E-state index in [0.717, 1.165) is 10.3 Å². The lowest BCUT2D eigenvalue weighted by molar-refractivity contribution is 0.700. The van der Waals surface area contributed by atoms with Crippen molar-refractivity contribution in [2.45, 2.75) is 6.04 Å². The average molecular weight is 326 g/mol. The molecule has 2 rings (SSSR count). The van der Waals surface area contributed by atoms with Crippen LogP contribution >= 0.6 is 27.3 Å². The van der Waals surface area contributed by atoms with Gasteiger partial charge >= 0.3 is 0 Å². The second-order valence-electron chi connectivity index (χ2n) is 4.23. The second kappa shape index (κ2) is 5.82. The van der Waals surface area contributed by atoms with Crippen LogP contribution in [0, 0.1) is 0 Å². The number of anilines is 1. The summed E-state index contributed by atoms with van der Waals surface area (Å²) in [5.74, 6) is 0.973. The van der Waals surface area contributed by atoms with Crippen molar-refractivity contribution >= 4 is 33.1 Å². The van der Waals surface area contributed by atoms with Crippen molar-refractivity contribution in [3.8, 4) is 0 Å². The van der Waals surface area contributed by atoms with E-state index in [4.69, 9.17) is 0 Å². The zero-order chi connectivity index (χ0) is 13.1. The molecule has 1 unspecified atom stereocenters. The zero-order valence-electron chi connectivity index (χ0n) is 10.6. The van der Waals surface area contributed by atoms with Gasteiger partial charge in [0.15, 0.2) is 0 Å². The van der Waals surface area contributed by atoms with Crippen LogP contribution in [0.1, 0.15) is 16.5 Å². The van der Waals surface area contributed by atoms with Gasteiger partial charge in [-0.3, -0.25) is 0 Å². The minimum absolute atomic E-state index is 0.199. The van der Waals surface area contributed by atoms with Crippen LogP contribution < -0.4 is 10.2 Å². The Bertz CT molecular complexity index is 507. The van der Waals surface area contributed by atoms with Gasteiger partial charge in [0.2, 0.25) is 0 Å². The van der Waals surface area contributed by atoms with E-state index in [0.29, 0.717) is 0 Å². The summed E-state index contributed by atoms with van der Waals surface area (Å²) in [6, 6.07) is 6.51. The van der Waals surface area contributed by atoms with Crippen LogP contribution in [-0.4, -0.2) is 26.1 Å². The van der Waals surface area contributed by atoms with E-state index in [9.17, 15) is 0 Å². The Morgan fingerprint density at radius 2 is 2.17 bits per heavy atom. The van der Waals surface area contributed by atoms with Crippen LogP contribution in [0.3, 0.4) is 0 Å². The van der Waals surface area contributed by atoms with Crippen LogP contribution in [0.25, 0.3) is 0 Å². The Morgan fingerprint density at radius 3 is 2.61 bits per heavy atom. The smallest absolute Gasteiger partial charge is 0.127 e. The summed E-state index contributed by atoms with van der Waals surface area (Å²) in [5, 5.41) is 5.43. The zero-order valence-corrected chi connectivity index (χ0v) is 13.0. The molecule has 0 fully saturated rings. The van der Waals surface area contributed by atoms with E-state index in [2.05, 4.69) is 43.7 Å². The molecule has 0 aliphatic heterocycles. The van der Waals surface area contributed by atoms with Gasteiger partial charge in [-0.1, -0.05) is 6.07 Å². The van der Waals surface area contributed by atoms with Gasteiger partial charge in [0, 0.05) is 35.0 Å². The third-order valence-corrected chi connectivity index (χ3v) is 4.48. The van der Waals surface area contributed by atoms with Gasteiger partial charge in [-0.2, -0.15) is 0 Å². The van der Waals surface area contributed by atoms with Crippen LogP contribution in [-0.2, 0) is 0 Å². The Hall–Kier alpha value is -0.910. The van der Waals surface area contributed by atoms with E-state index in [1.165, 1.54) is 10.4 Å². The van der Waals surface area contributed by atoms with Crippen LogP contribution in [0.15, 0.2) is 34.2 Å². The molecule has 0 amide bonds. The summed E-state index contributed by atoms with van der Waals surface area (Å²) in [7, 11) is 5.96. The number of halogens is 1. The maximum Gasteiger partial charge on any atom is 0.127 e. The summed E-state index contributed by atoms with van der Waals surface area (Å²) in [6.07, 6.45) is 1.93. The average Bonchev–Trinajstić information content (AvgIpc) is 2.77.